The van der Waals surface area contributed by atoms with E-state index in [0.29, 0.717) is 25.7 Å². The summed E-state index contributed by atoms with van der Waals surface area (Å²) in [4.78, 5) is 25.6. The maximum Gasteiger partial charge on any atom is 0.416 e. The predicted octanol–water partition coefficient (Wildman–Crippen LogP) is 5.98. The highest BCUT2D eigenvalue weighted by Crippen LogP contribution is 2.29. The van der Waals surface area contributed by atoms with Crippen molar-refractivity contribution in [3.63, 3.8) is 0 Å². The SMILES string of the molecule is CN(CCCC(C=O)NC(=O)Nc1ccc(C(F)(F)F)cc1)c1ccc(-c2ccccc2)cc1. The van der Waals surface area contributed by atoms with Crippen LogP contribution in [-0.4, -0.2) is 32.0 Å². The molecule has 0 aromatic heterocycles. The zero-order valence-electron chi connectivity index (χ0n) is 18.7. The molecular formula is C26H26F3N3O2. The van der Waals surface area contributed by atoms with Crippen molar-refractivity contribution in [2.75, 3.05) is 23.8 Å². The van der Waals surface area contributed by atoms with E-state index in [2.05, 4.69) is 39.8 Å². The Kier molecular flexibility index (Phi) is 8.29. The van der Waals surface area contributed by atoms with Crippen LogP contribution in [0.4, 0.5) is 29.3 Å². The molecule has 0 bridgehead atoms. The second kappa shape index (κ2) is 11.4. The number of nitrogens with zero attached hydrogens (tertiary/aromatic N) is 1. The zero-order valence-corrected chi connectivity index (χ0v) is 18.7. The smallest absolute Gasteiger partial charge is 0.375 e. The Morgan fingerprint density at radius 3 is 2.15 bits per heavy atom. The highest BCUT2D eigenvalue weighted by atomic mass is 19.4. The van der Waals surface area contributed by atoms with E-state index < -0.39 is 23.8 Å². The van der Waals surface area contributed by atoms with Gasteiger partial charge in [-0.25, -0.2) is 4.79 Å². The number of benzene rings is 3. The van der Waals surface area contributed by atoms with Crippen LogP contribution in [-0.2, 0) is 11.0 Å². The van der Waals surface area contributed by atoms with Gasteiger partial charge in [-0.15, -0.1) is 0 Å². The largest absolute Gasteiger partial charge is 0.416 e. The van der Waals surface area contributed by atoms with E-state index in [1.807, 2.05) is 37.4 Å². The summed E-state index contributed by atoms with van der Waals surface area (Å²) in [6.45, 7) is 0.678. The predicted molar refractivity (Wildman–Crippen MR) is 128 cm³/mol. The van der Waals surface area contributed by atoms with E-state index in [1.165, 1.54) is 0 Å². The average Bonchev–Trinajstić information content (AvgIpc) is 2.83. The summed E-state index contributed by atoms with van der Waals surface area (Å²) in [5.41, 5.74) is 2.71. The van der Waals surface area contributed by atoms with Gasteiger partial charge in [0.25, 0.3) is 0 Å². The number of alkyl halides is 3. The van der Waals surface area contributed by atoms with Crippen molar-refractivity contribution in [3.05, 3.63) is 84.4 Å². The summed E-state index contributed by atoms with van der Waals surface area (Å²) in [5, 5.41) is 4.98. The number of carbonyl (C=O) groups is 2. The number of anilines is 2. The average molecular weight is 470 g/mol. The van der Waals surface area contributed by atoms with Crippen LogP contribution in [0.5, 0.6) is 0 Å². The Hall–Kier alpha value is -3.81. The monoisotopic (exact) mass is 469 g/mol. The molecule has 0 fully saturated rings. The lowest BCUT2D eigenvalue weighted by Gasteiger charge is -2.21. The standard InChI is InChI=1S/C26H26F3N3O2/c1-32(24-15-9-20(10-16-24)19-6-3-2-4-7-19)17-5-8-23(18-33)31-25(34)30-22-13-11-21(12-14-22)26(27,28)29/h2-4,6-7,9-16,18,23H,5,8,17H2,1H3,(H2,30,31,34). The fourth-order valence-electron chi connectivity index (χ4n) is 3.47. The third-order valence-corrected chi connectivity index (χ3v) is 5.37. The van der Waals surface area contributed by atoms with Gasteiger partial charge in [0.2, 0.25) is 0 Å². The van der Waals surface area contributed by atoms with E-state index in [4.69, 9.17) is 0 Å². The van der Waals surface area contributed by atoms with Gasteiger partial charge in [0.15, 0.2) is 0 Å². The number of carbonyl (C=O) groups excluding carboxylic acids is 2. The maximum absolute atomic E-state index is 12.6. The van der Waals surface area contributed by atoms with Gasteiger partial charge in [-0.2, -0.15) is 13.2 Å². The highest BCUT2D eigenvalue weighted by molar-refractivity contribution is 5.90. The van der Waals surface area contributed by atoms with Gasteiger partial charge in [0.1, 0.15) is 6.29 Å². The number of amides is 2. The summed E-state index contributed by atoms with van der Waals surface area (Å²) < 4.78 is 37.9. The van der Waals surface area contributed by atoms with Crippen molar-refractivity contribution < 1.29 is 22.8 Å². The zero-order chi connectivity index (χ0) is 24.6. The third kappa shape index (κ3) is 7.10. The number of halogens is 3. The fraction of sp³-hybridized carbons (Fsp3) is 0.231. The molecule has 8 heteroatoms. The van der Waals surface area contributed by atoms with Gasteiger partial charge in [-0.1, -0.05) is 42.5 Å². The number of rotatable bonds is 9. The van der Waals surface area contributed by atoms with Crippen LogP contribution in [0.3, 0.4) is 0 Å². The Morgan fingerprint density at radius 2 is 1.56 bits per heavy atom. The van der Waals surface area contributed by atoms with Crippen molar-refractivity contribution in [1.82, 2.24) is 5.32 Å². The van der Waals surface area contributed by atoms with Crippen LogP contribution in [0.2, 0.25) is 0 Å². The summed E-state index contributed by atoms with van der Waals surface area (Å²) >= 11 is 0. The van der Waals surface area contributed by atoms with Crippen LogP contribution in [0.15, 0.2) is 78.9 Å². The van der Waals surface area contributed by atoms with Gasteiger partial charge in [0.05, 0.1) is 11.6 Å². The molecule has 0 aliphatic carbocycles. The van der Waals surface area contributed by atoms with Gasteiger partial charge >= 0.3 is 12.2 Å². The minimum atomic E-state index is -4.44. The first-order valence-electron chi connectivity index (χ1n) is 10.8. The van der Waals surface area contributed by atoms with E-state index in [9.17, 15) is 22.8 Å². The maximum atomic E-state index is 12.6. The molecule has 0 aliphatic rings. The third-order valence-electron chi connectivity index (χ3n) is 5.37. The van der Waals surface area contributed by atoms with Crippen LogP contribution in [0.1, 0.15) is 18.4 Å². The fourth-order valence-corrected chi connectivity index (χ4v) is 3.47. The van der Waals surface area contributed by atoms with Crippen LogP contribution in [0.25, 0.3) is 11.1 Å². The lowest BCUT2D eigenvalue weighted by atomic mass is 10.1. The van der Waals surface area contributed by atoms with Gasteiger partial charge in [0, 0.05) is 25.0 Å². The number of nitrogens with one attached hydrogen (secondary N) is 2. The molecular weight excluding hydrogens is 443 g/mol. The normalized spacial score (nSPS) is 12.0. The van der Waals surface area contributed by atoms with E-state index in [0.717, 1.165) is 41.1 Å². The van der Waals surface area contributed by atoms with Crippen LogP contribution in [0, 0.1) is 0 Å². The second-order valence-electron chi connectivity index (χ2n) is 7.89. The lowest BCUT2D eigenvalue weighted by Crippen LogP contribution is -2.39. The first kappa shape index (κ1) is 24.8. The molecule has 5 nitrogen and oxygen atoms in total. The molecule has 0 saturated carbocycles. The van der Waals surface area contributed by atoms with Crippen molar-refractivity contribution in [2.45, 2.75) is 25.1 Å². The summed E-state index contributed by atoms with van der Waals surface area (Å²) in [6.07, 6.45) is -2.71. The molecule has 1 unspecified atom stereocenters. The summed E-state index contributed by atoms with van der Waals surface area (Å²) in [5.74, 6) is 0. The second-order valence-corrected chi connectivity index (χ2v) is 7.89. The molecule has 1 atom stereocenters. The van der Waals surface area contributed by atoms with Gasteiger partial charge in [-0.05, 0) is 60.4 Å². The molecule has 0 spiro atoms. The number of aldehydes is 1. The Morgan fingerprint density at radius 1 is 0.941 bits per heavy atom. The van der Waals surface area contributed by atoms with Gasteiger partial charge < -0.3 is 20.3 Å². The molecule has 2 N–H and O–H groups in total. The molecule has 3 aromatic rings. The molecule has 178 valence electrons. The molecule has 0 saturated heterocycles. The molecule has 3 aromatic carbocycles. The quantitative estimate of drug-likeness (QED) is 0.379. The number of urea groups is 1. The first-order valence-corrected chi connectivity index (χ1v) is 10.8. The van der Waals surface area contributed by atoms with E-state index >= 15 is 0 Å². The Labute approximate surface area is 196 Å². The number of hydrogen-bond donors (Lipinski definition) is 2. The molecule has 34 heavy (non-hydrogen) atoms. The molecule has 0 radical (unpaired) electrons. The molecule has 3 rings (SSSR count). The van der Waals surface area contributed by atoms with Crippen molar-refractivity contribution in [3.8, 4) is 11.1 Å². The molecule has 0 heterocycles. The first-order chi connectivity index (χ1) is 16.3. The van der Waals surface area contributed by atoms with E-state index in [-0.39, 0.29) is 5.69 Å². The minimum Gasteiger partial charge on any atom is -0.375 e. The van der Waals surface area contributed by atoms with Crippen molar-refractivity contribution in [2.24, 2.45) is 0 Å². The molecule has 2 amide bonds. The summed E-state index contributed by atoms with van der Waals surface area (Å²) in [7, 11) is 1.96. The topological polar surface area (TPSA) is 61.4 Å². The highest BCUT2D eigenvalue weighted by Gasteiger charge is 2.30. The molecule has 0 aliphatic heterocycles. The lowest BCUT2D eigenvalue weighted by molar-refractivity contribution is -0.137. The Balaban J connectivity index is 1.44. The van der Waals surface area contributed by atoms with E-state index in [1.54, 1.807) is 0 Å². The Bertz CT molecular complexity index is 1070. The number of hydrogen-bond acceptors (Lipinski definition) is 3. The summed E-state index contributed by atoms with van der Waals surface area (Å²) in [6, 6.07) is 21.0. The van der Waals surface area contributed by atoms with Crippen molar-refractivity contribution in [1.29, 1.82) is 0 Å². The minimum absolute atomic E-state index is 0.203. The van der Waals surface area contributed by atoms with Crippen LogP contribution >= 0.6 is 0 Å². The van der Waals surface area contributed by atoms with Crippen molar-refractivity contribution >= 4 is 23.7 Å². The van der Waals surface area contributed by atoms with Crippen LogP contribution < -0.4 is 15.5 Å². The van der Waals surface area contributed by atoms with Gasteiger partial charge in [-0.3, -0.25) is 0 Å².